The molecule has 2 aromatic rings. The molecule has 0 unspecified atom stereocenters. The van der Waals surface area contributed by atoms with E-state index in [2.05, 4.69) is 4.98 Å². The number of nitrogens with zero attached hydrogens (tertiary/aromatic N) is 1. The molecule has 1 N–H and O–H groups in total. The molecule has 2 rings (SSSR count). The number of carbonyl (C=O) groups is 1. The van der Waals surface area contributed by atoms with Crippen LogP contribution in [0.3, 0.4) is 0 Å². The standard InChI is InChI=1S/C11H12N2O.C2HF3O2/c1-2-14-11-5-3-4-10(8-11)13-7-6-12-9-13;3-2(4,5)1(6)7/h3-9H,2H2,1H3;(H,6,7). The van der Waals surface area contributed by atoms with Gasteiger partial charge in [0.2, 0.25) is 6.33 Å². The third-order valence-corrected chi connectivity index (χ3v) is 2.20. The van der Waals surface area contributed by atoms with Crippen LogP contribution in [0, 0.1) is 0 Å². The molecule has 0 fully saturated rings. The average molecular weight is 302 g/mol. The van der Waals surface area contributed by atoms with Gasteiger partial charge in [0.05, 0.1) is 6.61 Å². The van der Waals surface area contributed by atoms with E-state index in [0.29, 0.717) is 6.61 Å². The van der Waals surface area contributed by atoms with E-state index in [1.807, 2.05) is 54.5 Å². The van der Waals surface area contributed by atoms with Crippen molar-refractivity contribution in [3.05, 3.63) is 43.0 Å². The Bertz CT molecular complexity index is 568. The van der Waals surface area contributed by atoms with Crippen molar-refractivity contribution < 1.29 is 32.4 Å². The lowest BCUT2D eigenvalue weighted by molar-refractivity contribution is -0.594. The first-order chi connectivity index (χ1) is 9.84. The maximum atomic E-state index is 10.5. The summed E-state index contributed by atoms with van der Waals surface area (Å²) in [6.45, 7) is 2.68. The molecule has 0 atom stereocenters. The number of imidazole rings is 1. The number of benzene rings is 1. The fourth-order valence-electron chi connectivity index (χ4n) is 1.35. The topological polar surface area (TPSA) is 69.0 Å². The number of halogens is 3. The van der Waals surface area contributed by atoms with Gasteiger partial charge in [-0.2, -0.15) is 13.2 Å². The van der Waals surface area contributed by atoms with Crippen molar-refractivity contribution in [2.45, 2.75) is 13.1 Å². The summed E-state index contributed by atoms with van der Waals surface area (Å²) in [7, 11) is 0. The van der Waals surface area contributed by atoms with Crippen LogP contribution in [-0.2, 0) is 4.79 Å². The van der Waals surface area contributed by atoms with Gasteiger partial charge in [-0.25, -0.2) is 9.55 Å². The van der Waals surface area contributed by atoms with Crippen LogP contribution in [0.4, 0.5) is 13.2 Å². The summed E-state index contributed by atoms with van der Waals surface area (Å²) in [6.07, 6.45) is 0.545. The van der Waals surface area contributed by atoms with Gasteiger partial charge >= 0.3 is 6.18 Å². The number of aromatic nitrogens is 2. The smallest absolute Gasteiger partial charge is 0.430 e. The first kappa shape index (κ1) is 16.5. The SMILES string of the molecule is CCOc1cccc(-[n+]2cc[nH]c2)c1.O=C([O-])C(F)(F)F. The van der Waals surface area contributed by atoms with Crippen molar-refractivity contribution in [2.75, 3.05) is 6.61 Å². The summed E-state index contributed by atoms with van der Waals surface area (Å²) >= 11 is 0. The molecule has 0 aliphatic carbocycles. The molecule has 0 saturated heterocycles. The molecule has 0 bridgehead atoms. The molecular weight excluding hydrogens is 289 g/mol. The van der Waals surface area contributed by atoms with Gasteiger partial charge in [-0.1, -0.05) is 6.07 Å². The largest absolute Gasteiger partial charge is 0.542 e. The summed E-state index contributed by atoms with van der Waals surface area (Å²) < 4.78 is 39.0. The molecular formula is C13H13F3N2O3. The predicted octanol–water partition coefficient (Wildman–Crippen LogP) is 0.989. The maximum absolute atomic E-state index is 10.5. The van der Waals surface area contributed by atoms with Gasteiger partial charge in [0, 0.05) is 6.07 Å². The summed E-state index contributed by atoms with van der Waals surface area (Å²) in [5, 5.41) is 8.78. The highest BCUT2D eigenvalue weighted by Gasteiger charge is 2.28. The van der Waals surface area contributed by atoms with Crippen LogP contribution in [0.15, 0.2) is 43.0 Å². The lowest BCUT2D eigenvalue weighted by Crippen LogP contribution is -2.37. The first-order valence-corrected chi connectivity index (χ1v) is 5.90. The van der Waals surface area contributed by atoms with E-state index >= 15 is 0 Å². The van der Waals surface area contributed by atoms with Crippen molar-refractivity contribution >= 4 is 5.97 Å². The number of carboxylic acids is 1. The van der Waals surface area contributed by atoms with E-state index in [0.717, 1.165) is 11.4 Å². The zero-order chi connectivity index (χ0) is 15.9. The molecule has 5 nitrogen and oxygen atoms in total. The number of hydrogen-bond donors (Lipinski definition) is 1. The molecule has 1 heterocycles. The highest BCUT2D eigenvalue weighted by Crippen LogP contribution is 2.12. The summed E-state index contributed by atoms with van der Waals surface area (Å²) in [5.74, 6) is -2.11. The number of alkyl halides is 3. The lowest BCUT2D eigenvalue weighted by Gasteiger charge is -2.03. The number of aromatic amines is 1. The molecule has 21 heavy (non-hydrogen) atoms. The molecule has 1 aromatic heterocycles. The van der Waals surface area contributed by atoms with Gasteiger partial charge in [-0.15, -0.1) is 0 Å². The highest BCUT2D eigenvalue weighted by molar-refractivity contribution is 5.70. The Morgan fingerprint density at radius 3 is 2.57 bits per heavy atom. The van der Waals surface area contributed by atoms with Crippen LogP contribution in [0.2, 0.25) is 0 Å². The van der Waals surface area contributed by atoms with Crippen molar-refractivity contribution in [3.8, 4) is 11.4 Å². The summed E-state index contributed by atoms with van der Waals surface area (Å²) in [5.41, 5.74) is 1.09. The number of hydrogen-bond acceptors (Lipinski definition) is 3. The van der Waals surface area contributed by atoms with Gasteiger partial charge in [-0.3, -0.25) is 0 Å². The number of H-pyrrole nitrogens is 1. The average Bonchev–Trinajstić information content (AvgIpc) is 2.93. The molecule has 114 valence electrons. The van der Waals surface area contributed by atoms with Crippen molar-refractivity contribution in [1.82, 2.24) is 4.98 Å². The Labute approximate surface area is 118 Å². The molecule has 0 aliphatic rings. The molecule has 0 amide bonds. The molecule has 0 radical (unpaired) electrons. The molecule has 0 aliphatic heterocycles. The van der Waals surface area contributed by atoms with Gasteiger partial charge in [0.25, 0.3) is 0 Å². The Morgan fingerprint density at radius 1 is 1.43 bits per heavy atom. The van der Waals surface area contributed by atoms with E-state index in [1.165, 1.54) is 0 Å². The molecule has 0 spiro atoms. The second-order valence-electron chi connectivity index (χ2n) is 3.73. The number of rotatable bonds is 3. The minimum atomic E-state index is -5.19. The minimum Gasteiger partial charge on any atom is -0.542 e. The quantitative estimate of drug-likeness (QED) is 0.860. The fraction of sp³-hybridized carbons (Fsp3) is 0.231. The maximum Gasteiger partial charge on any atom is 0.430 e. The van der Waals surface area contributed by atoms with Gasteiger partial charge < -0.3 is 14.6 Å². The van der Waals surface area contributed by atoms with Crippen LogP contribution in [0.1, 0.15) is 6.92 Å². The van der Waals surface area contributed by atoms with E-state index in [1.54, 1.807) is 0 Å². The third-order valence-electron chi connectivity index (χ3n) is 2.20. The number of carboxylic acid groups (broad SMARTS) is 1. The van der Waals surface area contributed by atoms with Crippen LogP contribution in [0.5, 0.6) is 5.75 Å². The highest BCUT2D eigenvalue weighted by atomic mass is 19.4. The number of ether oxygens (including phenoxy) is 1. The van der Waals surface area contributed by atoms with Crippen LogP contribution < -0.4 is 14.4 Å². The fourth-order valence-corrected chi connectivity index (χ4v) is 1.35. The monoisotopic (exact) mass is 302 g/mol. The third kappa shape index (κ3) is 5.55. The minimum absolute atomic E-state index is 0.696. The van der Waals surface area contributed by atoms with Gasteiger partial charge in [0.1, 0.15) is 29.8 Å². The van der Waals surface area contributed by atoms with Gasteiger partial charge in [0.15, 0.2) is 0 Å². The lowest BCUT2D eigenvalue weighted by atomic mass is 10.3. The van der Waals surface area contributed by atoms with Crippen molar-refractivity contribution in [1.29, 1.82) is 0 Å². The van der Waals surface area contributed by atoms with Crippen LogP contribution >= 0.6 is 0 Å². The molecule has 0 saturated carbocycles. The molecule has 8 heteroatoms. The zero-order valence-corrected chi connectivity index (χ0v) is 11.1. The van der Waals surface area contributed by atoms with E-state index < -0.39 is 12.1 Å². The number of aliphatic carboxylic acids is 1. The molecule has 1 aromatic carbocycles. The predicted molar refractivity (Wildman–Crippen MR) is 64.6 cm³/mol. The Balaban J connectivity index is 0.000000270. The normalized spacial score (nSPS) is 10.5. The Hall–Kier alpha value is -2.51. The number of nitrogens with one attached hydrogen (secondary N) is 1. The zero-order valence-electron chi connectivity index (χ0n) is 11.1. The van der Waals surface area contributed by atoms with Gasteiger partial charge in [-0.05, 0) is 19.1 Å². The van der Waals surface area contributed by atoms with Crippen LogP contribution in [0.25, 0.3) is 5.69 Å². The van der Waals surface area contributed by atoms with Crippen molar-refractivity contribution in [2.24, 2.45) is 0 Å². The van der Waals surface area contributed by atoms with E-state index in [-0.39, 0.29) is 0 Å². The summed E-state index contributed by atoms with van der Waals surface area (Å²) in [6, 6.07) is 7.99. The van der Waals surface area contributed by atoms with Crippen molar-refractivity contribution in [3.63, 3.8) is 0 Å². The van der Waals surface area contributed by atoms with E-state index in [9.17, 15) is 13.2 Å². The Kier molecular flexibility index (Phi) is 5.77. The number of carbonyl (C=O) groups excluding carboxylic acids is 1. The van der Waals surface area contributed by atoms with E-state index in [4.69, 9.17) is 14.6 Å². The van der Waals surface area contributed by atoms with Crippen LogP contribution in [-0.4, -0.2) is 23.7 Å². The Morgan fingerprint density at radius 2 is 2.10 bits per heavy atom. The first-order valence-electron chi connectivity index (χ1n) is 5.90. The second-order valence-corrected chi connectivity index (χ2v) is 3.73. The second kappa shape index (κ2) is 7.32. The summed E-state index contributed by atoms with van der Waals surface area (Å²) in [4.78, 5) is 11.8.